The fourth-order valence-corrected chi connectivity index (χ4v) is 6.94. The molecule has 1 unspecified atom stereocenters. The molecule has 5 aromatic rings. The summed E-state index contributed by atoms with van der Waals surface area (Å²) in [4.78, 5) is 36.9. The van der Waals surface area contributed by atoms with Crippen LogP contribution in [0.2, 0.25) is 5.02 Å². The van der Waals surface area contributed by atoms with Gasteiger partial charge < -0.3 is 19.8 Å². The van der Waals surface area contributed by atoms with Crippen molar-refractivity contribution < 1.29 is 14.0 Å². The molecule has 2 N–H and O–H groups in total. The lowest BCUT2D eigenvalue weighted by atomic mass is 9.67. The van der Waals surface area contributed by atoms with Crippen molar-refractivity contribution in [1.82, 2.24) is 14.9 Å². The standard InChI is InChI=1S/C32H28ClFN4O2/c33-26-16-21(9-10-27(26)34)38-19-20(15-30(38)39)31(40)37-13-11-32(12-14-37,24-17-35-28-7-3-1-5-22(24)28)25-18-36-29-8-4-2-6-23(25)29/h1-10,16-18,20,35-36H,11-15,19H2. The van der Waals surface area contributed by atoms with Crippen molar-refractivity contribution in [3.05, 3.63) is 101 Å². The van der Waals surface area contributed by atoms with Gasteiger partial charge >= 0.3 is 0 Å². The van der Waals surface area contributed by atoms with Crippen LogP contribution in [0.25, 0.3) is 21.8 Å². The number of fused-ring (bicyclic) bond motifs is 2. The molecular formula is C32H28ClFN4O2. The average Bonchev–Trinajstić information content (AvgIpc) is 3.71. The Bertz CT molecular complexity index is 1690. The molecule has 4 heterocycles. The predicted molar refractivity (Wildman–Crippen MR) is 155 cm³/mol. The van der Waals surface area contributed by atoms with Gasteiger partial charge in [0.05, 0.1) is 10.9 Å². The zero-order chi connectivity index (χ0) is 27.4. The Morgan fingerprint density at radius 3 is 2.10 bits per heavy atom. The number of H-pyrrole nitrogens is 2. The number of benzene rings is 3. The minimum absolute atomic E-state index is 0.00416. The third kappa shape index (κ3) is 3.91. The molecular weight excluding hydrogens is 527 g/mol. The van der Waals surface area contributed by atoms with Crippen molar-refractivity contribution in [1.29, 1.82) is 0 Å². The van der Waals surface area contributed by atoms with Crippen LogP contribution < -0.4 is 4.90 Å². The second-order valence-electron chi connectivity index (χ2n) is 10.9. The highest BCUT2D eigenvalue weighted by molar-refractivity contribution is 6.31. The quantitative estimate of drug-likeness (QED) is 0.270. The Kier molecular flexibility index (Phi) is 5.93. The maximum Gasteiger partial charge on any atom is 0.228 e. The highest BCUT2D eigenvalue weighted by Gasteiger charge is 2.44. The first-order chi connectivity index (χ1) is 19.4. The molecule has 0 radical (unpaired) electrons. The molecule has 6 nitrogen and oxygen atoms in total. The molecule has 3 aromatic carbocycles. The average molecular weight is 555 g/mol. The summed E-state index contributed by atoms with van der Waals surface area (Å²) in [6.07, 6.45) is 5.93. The van der Waals surface area contributed by atoms with Gasteiger partial charge in [-0.3, -0.25) is 9.59 Å². The summed E-state index contributed by atoms with van der Waals surface area (Å²) in [6, 6.07) is 20.9. The summed E-state index contributed by atoms with van der Waals surface area (Å²) in [5.41, 5.74) is 4.92. The van der Waals surface area contributed by atoms with Crippen LogP contribution in [0.1, 0.15) is 30.4 Å². The van der Waals surface area contributed by atoms with Crippen LogP contribution in [-0.4, -0.2) is 46.3 Å². The Labute approximate surface area is 235 Å². The number of amides is 2. The zero-order valence-electron chi connectivity index (χ0n) is 21.8. The molecule has 2 aliphatic heterocycles. The van der Waals surface area contributed by atoms with E-state index < -0.39 is 11.7 Å². The fraction of sp³-hybridized carbons (Fsp3) is 0.250. The number of rotatable bonds is 4. The molecule has 1 atom stereocenters. The van der Waals surface area contributed by atoms with E-state index in [4.69, 9.17) is 11.6 Å². The molecule has 2 fully saturated rings. The van der Waals surface area contributed by atoms with Crippen LogP contribution in [0, 0.1) is 11.7 Å². The molecule has 0 aliphatic carbocycles. The Balaban J connectivity index is 1.17. The number of carbonyl (C=O) groups is 2. The Hall–Kier alpha value is -4.10. The summed E-state index contributed by atoms with van der Waals surface area (Å²) >= 11 is 5.95. The van der Waals surface area contributed by atoms with Crippen LogP contribution in [0.4, 0.5) is 10.1 Å². The van der Waals surface area contributed by atoms with Crippen molar-refractivity contribution in [2.45, 2.75) is 24.7 Å². The Morgan fingerprint density at radius 2 is 1.50 bits per heavy atom. The highest BCUT2D eigenvalue weighted by Crippen LogP contribution is 2.47. The van der Waals surface area contributed by atoms with E-state index in [1.807, 2.05) is 17.0 Å². The molecule has 0 bridgehead atoms. The number of hydrogen-bond donors (Lipinski definition) is 2. The van der Waals surface area contributed by atoms with Gasteiger partial charge in [0.2, 0.25) is 11.8 Å². The molecule has 7 rings (SSSR count). The molecule has 2 saturated heterocycles. The lowest BCUT2D eigenvalue weighted by Crippen LogP contribution is -2.47. The predicted octanol–water partition coefficient (Wildman–Crippen LogP) is 6.40. The van der Waals surface area contributed by atoms with Gasteiger partial charge in [0.15, 0.2) is 0 Å². The number of aromatic amines is 2. The topological polar surface area (TPSA) is 72.2 Å². The summed E-state index contributed by atoms with van der Waals surface area (Å²) in [7, 11) is 0. The van der Waals surface area contributed by atoms with E-state index in [9.17, 15) is 14.0 Å². The van der Waals surface area contributed by atoms with E-state index in [-0.39, 0.29) is 35.2 Å². The van der Waals surface area contributed by atoms with Gasteiger partial charge in [0.1, 0.15) is 5.82 Å². The maximum atomic E-state index is 13.7. The van der Waals surface area contributed by atoms with Gasteiger partial charge in [0.25, 0.3) is 0 Å². The summed E-state index contributed by atoms with van der Waals surface area (Å²) in [6.45, 7) is 1.45. The first-order valence-electron chi connectivity index (χ1n) is 13.6. The first kappa shape index (κ1) is 24.9. The van der Waals surface area contributed by atoms with Crippen LogP contribution >= 0.6 is 11.6 Å². The number of carbonyl (C=O) groups excluding carboxylic acids is 2. The SMILES string of the molecule is O=C(C1CC(=O)N(c2ccc(F)c(Cl)c2)C1)N1CCC(c2c[nH]c3ccccc23)(c2c[nH]c3ccccc23)CC1. The largest absolute Gasteiger partial charge is 0.361 e. The van der Waals surface area contributed by atoms with E-state index in [1.54, 1.807) is 4.90 Å². The third-order valence-electron chi connectivity index (χ3n) is 8.83. The van der Waals surface area contributed by atoms with Crippen LogP contribution in [-0.2, 0) is 15.0 Å². The zero-order valence-corrected chi connectivity index (χ0v) is 22.5. The monoisotopic (exact) mass is 554 g/mol. The van der Waals surface area contributed by atoms with E-state index in [1.165, 1.54) is 40.1 Å². The molecule has 202 valence electrons. The number of para-hydroxylation sites is 2. The minimum atomic E-state index is -0.535. The van der Waals surface area contributed by atoms with Crippen molar-refractivity contribution in [2.75, 3.05) is 24.5 Å². The smallest absolute Gasteiger partial charge is 0.228 e. The summed E-state index contributed by atoms with van der Waals surface area (Å²) in [5, 5.41) is 2.35. The number of nitrogens with one attached hydrogen (secondary N) is 2. The molecule has 40 heavy (non-hydrogen) atoms. The van der Waals surface area contributed by atoms with E-state index >= 15 is 0 Å². The Morgan fingerprint density at radius 1 is 0.900 bits per heavy atom. The van der Waals surface area contributed by atoms with Crippen LogP contribution in [0.15, 0.2) is 79.1 Å². The van der Waals surface area contributed by atoms with E-state index in [2.05, 4.69) is 58.8 Å². The molecule has 2 aliphatic rings. The summed E-state index contributed by atoms with van der Waals surface area (Å²) in [5.74, 6) is -1.13. The number of halogens is 2. The van der Waals surface area contributed by atoms with Gasteiger partial charge in [-0.25, -0.2) is 4.39 Å². The third-order valence-corrected chi connectivity index (χ3v) is 9.12. The molecule has 0 saturated carbocycles. The number of likely N-dealkylation sites (tertiary alicyclic amines) is 1. The van der Waals surface area contributed by atoms with Crippen molar-refractivity contribution >= 4 is 50.9 Å². The van der Waals surface area contributed by atoms with Crippen molar-refractivity contribution in [3.8, 4) is 0 Å². The second kappa shape index (κ2) is 9.52. The van der Waals surface area contributed by atoms with Gasteiger partial charge in [-0.05, 0) is 54.3 Å². The lowest BCUT2D eigenvalue weighted by molar-refractivity contribution is -0.137. The lowest BCUT2D eigenvalue weighted by Gasteiger charge is -2.43. The number of aromatic nitrogens is 2. The molecule has 2 amide bonds. The van der Waals surface area contributed by atoms with Gasteiger partial charge in [-0.1, -0.05) is 48.0 Å². The van der Waals surface area contributed by atoms with Crippen LogP contribution in [0.5, 0.6) is 0 Å². The van der Waals surface area contributed by atoms with Crippen molar-refractivity contribution in [2.24, 2.45) is 5.92 Å². The molecule has 0 spiro atoms. The van der Waals surface area contributed by atoms with Gasteiger partial charge in [-0.2, -0.15) is 0 Å². The number of nitrogens with zero attached hydrogens (tertiary/aromatic N) is 2. The highest BCUT2D eigenvalue weighted by atomic mass is 35.5. The number of anilines is 1. The van der Waals surface area contributed by atoms with E-state index in [0.29, 0.717) is 18.8 Å². The van der Waals surface area contributed by atoms with Gasteiger partial charge in [0, 0.05) is 71.4 Å². The second-order valence-corrected chi connectivity index (χ2v) is 11.3. The van der Waals surface area contributed by atoms with Crippen molar-refractivity contribution in [3.63, 3.8) is 0 Å². The maximum absolute atomic E-state index is 13.7. The number of hydrogen-bond acceptors (Lipinski definition) is 2. The number of piperidine rings is 1. The first-order valence-corrected chi connectivity index (χ1v) is 14.0. The molecule has 2 aromatic heterocycles. The van der Waals surface area contributed by atoms with Crippen LogP contribution in [0.3, 0.4) is 0 Å². The normalized spacial score (nSPS) is 19.1. The fourth-order valence-electron chi connectivity index (χ4n) is 6.76. The minimum Gasteiger partial charge on any atom is -0.361 e. The van der Waals surface area contributed by atoms with E-state index in [0.717, 1.165) is 23.9 Å². The molecule has 8 heteroatoms. The van der Waals surface area contributed by atoms with Gasteiger partial charge in [-0.15, -0.1) is 0 Å². The summed E-state index contributed by atoms with van der Waals surface area (Å²) < 4.78 is 13.7.